The number of aromatic nitrogens is 1. The lowest BCUT2D eigenvalue weighted by Gasteiger charge is -2.35. The van der Waals surface area contributed by atoms with Gasteiger partial charge in [-0.05, 0) is 168 Å². The van der Waals surface area contributed by atoms with Crippen LogP contribution in [0.5, 0.6) is 0 Å². The number of piperazine rings is 1. The number of amidine groups is 5. The van der Waals surface area contributed by atoms with E-state index in [1.165, 1.54) is 32.1 Å². The summed E-state index contributed by atoms with van der Waals surface area (Å²) in [7, 11) is 0. The zero-order valence-corrected chi connectivity index (χ0v) is 48.5. The Kier molecular flexibility index (Phi) is 28.0. The molecule has 21 nitrogen and oxygen atoms in total. The lowest BCUT2D eigenvalue weighted by Crippen LogP contribution is -2.51. The Labute approximate surface area is 452 Å². The first kappa shape index (κ1) is 67.2. The van der Waals surface area contributed by atoms with E-state index in [4.69, 9.17) is 37.2 Å². The maximum Gasteiger partial charge on any atom is 0.132 e. The van der Waals surface area contributed by atoms with E-state index in [0.29, 0.717) is 48.2 Å². The Hall–Kier alpha value is -5.80. The highest BCUT2D eigenvalue weighted by Gasteiger charge is 2.31. The summed E-state index contributed by atoms with van der Waals surface area (Å²) in [5, 5.41) is 53.8. The van der Waals surface area contributed by atoms with Crippen LogP contribution in [0.2, 0.25) is 0 Å². The molecule has 0 saturated carbocycles. The van der Waals surface area contributed by atoms with Gasteiger partial charge in [-0.15, -0.1) is 0 Å². The highest BCUT2D eigenvalue weighted by Crippen LogP contribution is 2.20. The molecule has 422 valence electrons. The van der Waals surface area contributed by atoms with Crippen molar-refractivity contribution in [3.63, 3.8) is 0 Å². The fourth-order valence-corrected chi connectivity index (χ4v) is 7.62. The summed E-state index contributed by atoms with van der Waals surface area (Å²) in [6.45, 7) is 57.3. The molecule has 75 heavy (non-hydrogen) atoms. The van der Waals surface area contributed by atoms with Gasteiger partial charge in [0.2, 0.25) is 0 Å². The lowest BCUT2D eigenvalue weighted by molar-refractivity contribution is 0.0654. The van der Waals surface area contributed by atoms with Crippen LogP contribution in [-0.2, 0) is 4.74 Å². The van der Waals surface area contributed by atoms with Crippen LogP contribution in [0.4, 0.5) is 0 Å². The smallest absolute Gasteiger partial charge is 0.132 e. The summed E-state index contributed by atoms with van der Waals surface area (Å²) >= 11 is 0. The summed E-state index contributed by atoms with van der Waals surface area (Å²) in [4.78, 5) is 33.9. The summed E-state index contributed by atoms with van der Waals surface area (Å²) in [5.41, 5.74) is -2.72. The Balaban J connectivity index is 0.000000450. The minimum absolute atomic E-state index is 0.412. The van der Waals surface area contributed by atoms with Crippen molar-refractivity contribution < 1.29 is 4.74 Å². The molecule has 1 aromatic rings. The number of likely N-dealkylation sites (tertiary alicyclic amines) is 2. The van der Waals surface area contributed by atoms with E-state index >= 15 is 0 Å². The van der Waals surface area contributed by atoms with Gasteiger partial charge in [0.1, 0.15) is 68.2 Å². The second kappa shape index (κ2) is 31.3. The molecule has 5 saturated heterocycles. The van der Waals surface area contributed by atoms with Crippen LogP contribution >= 0.6 is 0 Å². The average Bonchev–Trinajstić information content (AvgIpc) is 4.28. The van der Waals surface area contributed by atoms with Crippen molar-refractivity contribution in [2.45, 2.75) is 148 Å². The Morgan fingerprint density at radius 3 is 0.960 bits per heavy atom. The van der Waals surface area contributed by atoms with Gasteiger partial charge in [0.05, 0.1) is 19.9 Å². The van der Waals surface area contributed by atoms with Crippen molar-refractivity contribution in [2.75, 3.05) is 98.4 Å². The molecule has 21 heteroatoms. The molecule has 0 bridgehead atoms. The van der Waals surface area contributed by atoms with Gasteiger partial charge in [-0.2, -0.15) is 0 Å². The SMILES string of the molecule is C=NC(C)(C)C(=N)N1CCCC1.C=NC(C)(C)C(=N)N1CCCCC1.C=NC(C)(C)C(=N)N1CCNC1.C=NC(C)(C)C(=N)N1CCNCC1.C=NC(C)(C)C(=N)N1CCOCC1.C=NC(C)(C)C(=N)n1cccc1. The lowest BCUT2D eigenvalue weighted by atomic mass is 10.0. The molecule has 0 aliphatic carbocycles. The second-order valence-electron chi connectivity index (χ2n) is 22.0. The van der Waals surface area contributed by atoms with Crippen LogP contribution in [0.1, 0.15) is 115 Å². The van der Waals surface area contributed by atoms with Crippen LogP contribution in [0.25, 0.3) is 0 Å². The van der Waals surface area contributed by atoms with Gasteiger partial charge in [-0.25, -0.2) is 0 Å². The monoisotopic (exact) mass is 1040 g/mol. The maximum absolute atomic E-state index is 7.98. The third kappa shape index (κ3) is 21.8. The van der Waals surface area contributed by atoms with E-state index in [0.717, 1.165) is 85.2 Å². The predicted molar refractivity (Wildman–Crippen MR) is 321 cm³/mol. The molecule has 8 N–H and O–H groups in total. The van der Waals surface area contributed by atoms with Crippen LogP contribution < -0.4 is 10.6 Å². The quantitative estimate of drug-likeness (QED) is 0.0824. The van der Waals surface area contributed by atoms with E-state index in [-0.39, 0.29) is 0 Å². The molecular weight excluding hydrogens is 945 g/mol. The normalized spacial score (nSPS) is 17.1. The van der Waals surface area contributed by atoms with Gasteiger partial charge >= 0.3 is 0 Å². The third-order valence-electron chi connectivity index (χ3n) is 13.7. The highest BCUT2D eigenvalue weighted by molar-refractivity contribution is 5.92. The fraction of sp³-hybridized carbons (Fsp3) is 0.704. The molecular formula is C54H100N20O. The van der Waals surface area contributed by atoms with E-state index in [2.05, 4.69) is 95.6 Å². The zero-order chi connectivity index (χ0) is 57.3. The van der Waals surface area contributed by atoms with Crippen molar-refractivity contribution in [1.29, 1.82) is 32.5 Å². The number of ether oxygens (including phenoxy) is 1. The number of piperidine rings is 1. The van der Waals surface area contributed by atoms with Crippen LogP contribution in [0.3, 0.4) is 0 Å². The summed E-state index contributed by atoms with van der Waals surface area (Å²) < 4.78 is 6.94. The molecule has 0 spiro atoms. The molecule has 5 aliphatic heterocycles. The molecule has 5 aliphatic rings. The number of nitrogens with zero attached hydrogens (tertiary/aromatic N) is 12. The van der Waals surface area contributed by atoms with E-state index in [1.807, 2.05) is 117 Å². The van der Waals surface area contributed by atoms with Crippen molar-refractivity contribution in [3.05, 3.63) is 24.5 Å². The molecule has 0 atom stereocenters. The maximum atomic E-state index is 7.98. The first-order valence-corrected chi connectivity index (χ1v) is 26.3. The van der Waals surface area contributed by atoms with E-state index < -0.39 is 33.2 Å². The highest BCUT2D eigenvalue weighted by atomic mass is 16.5. The van der Waals surface area contributed by atoms with E-state index in [1.54, 1.807) is 4.57 Å². The first-order chi connectivity index (χ1) is 35.0. The number of hydrogen-bond acceptors (Lipinski definition) is 15. The Morgan fingerprint density at radius 2 is 0.640 bits per heavy atom. The van der Waals surface area contributed by atoms with Crippen molar-refractivity contribution in [2.24, 2.45) is 30.0 Å². The number of morpholine rings is 1. The first-order valence-electron chi connectivity index (χ1n) is 26.3. The van der Waals surface area contributed by atoms with Crippen molar-refractivity contribution in [3.8, 4) is 0 Å². The van der Waals surface area contributed by atoms with Crippen LogP contribution in [0.15, 0.2) is 54.5 Å². The summed E-state index contributed by atoms with van der Waals surface area (Å²) in [6, 6.07) is 3.77. The van der Waals surface area contributed by atoms with Gasteiger partial charge in [-0.1, -0.05) is 0 Å². The third-order valence-corrected chi connectivity index (χ3v) is 13.7. The van der Waals surface area contributed by atoms with Gasteiger partial charge in [0.15, 0.2) is 0 Å². The average molecular weight is 1050 g/mol. The van der Waals surface area contributed by atoms with Gasteiger partial charge in [0.25, 0.3) is 0 Å². The van der Waals surface area contributed by atoms with Crippen molar-refractivity contribution >= 4 is 75.3 Å². The minimum Gasteiger partial charge on any atom is -0.378 e. The molecule has 6 heterocycles. The number of aliphatic imine (C=N–C) groups is 6. The van der Waals surface area contributed by atoms with Crippen LogP contribution in [0, 0.1) is 32.5 Å². The largest absolute Gasteiger partial charge is 0.378 e. The zero-order valence-electron chi connectivity index (χ0n) is 48.5. The Bertz CT molecular complexity index is 1870. The molecule has 0 amide bonds. The van der Waals surface area contributed by atoms with Gasteiger partial charge in [0, 0.05) is 90.9 Å². The fourth-order valence-electron chi connectivity index (χ4n) is 7.62. The van der Waals surface area contributed by atoms with Crippen LogP contribution in [-0.4, -0.2) is 236 Å². The number of hydrogen-bond donors (Lipinski definition) is 8. The molecule has 0 aromatic carbocycles. The van der Waals surface area contributed by atoms with E-state index in [9.17, 15) is 0 Å². The predicted octanol–water partition coefficient (Wildman–Crippen LogP) is 6.69. The Morgan fingerprint density at radius 1 is 0.373 bits per heavy atom. The summed E-state index contributed by atoms with van der Waals surface area (Å²) in [6.07, 6.45) is 9.77. The van der Waals surface area contributed by atoms with Gasteiger partial charge < -0.3 is 39.1 Å². The van der Waals surface area contributed by atoms with Crippen molar-refractivity contribution in [1.82, 2.24) is 39.7 Å². The summed E-state index contributed by atoms with van der Waals surface area (Å²) in [5.74, 6) is 3.30. The number of rotatable bonds is 12. The minimum atomic E-state index is -0.515. The molecule has 0 radical (unpaired) electrons. The second-order valence-corrected chi connectivity index (χ2v) is 22.0. The standard InChI is InChI=1S/C10H19N3.C9H18N4.C9H17N3O.C9H17N3.C9H13N3.C8H16N4/c1-10(2,12-3)9(11)13-7-5-4-6-8-13;1-9(2,11-3)8(10)13-6-4-12-5-7-13;1-9(2,11-3)8(10)12-4-6-13-7-5-12;2*1-9(2,11-3)8(10)12-6-4-5-7-12;1-8(2,10-3)7(9)12-5-4-11-6-12/h11H,3-8H2,1-2H3;10,12H,3-7H2,1-2H3;10H,3-7H2,1-2H3;10H,3-7H2,1-2H3;4-7,10H,3H2,1-2H3;9,11H,3-6H2,1-2H3. The molecule has 6 rings (SSSR count). The molecule has 0 unspecified atom stereocenters. The van der Waals surface area contributed by atoms with Gasteiger partial charge in [-0.3, -0.25) is 67.7 Å². The molecule has 5 fully saturated rings. The number of nitrogens with one attached hydrogen (secondary N) is 8. The molecule has 1 aromatic heterocycles. The topological polar surface area (TPSA) is 272 Å².